The summed E-state index contributed by atoms with van der Waals surface area (Å²) in [5.74, 6) is 1.19. The van der Waals surface area contributed by atoms with E-state index in [1.54, 1.807) is 11.1 Å². The number of benzene rings is 1. The molecule has 0 atom stereocenters. The van der Waals surface area contributed by atoms with Gasteiger partial charge in [0.15, 0.2) is 5.76 Å². The molecule has 6 heteroatoms. The summed E-state index contributed by atoms with van der Waals surface area (Å²) in [6, 6.07) is 7.69. The third kappa shape index (κ3) is 2.90. The number of likely N-dealkylation sites (tertiary alicyclic amines) is 1. The Morgan fingerprint density at radius 1 is 1.27 bits per heavy atom. The highest BCUT2D eigenvalue weighted by Gasteiger charge is 2.36. The number of aryl methyl sites for hydroxylation is 2. The van der Waals surface area contributed by atoms with Crippen LogP contribution >= 0.6 is 0 Å². The topological polar surface area (TPSA) is 71.5 Å². The fraction of sp³-hybridized carbons (Fsp3) is 0.400. The van der Waals surface area contributed by atoms with Gasteiger partial charge in [-0.1, -0.05) is 18.2 Å². The molecule has 1 aromatic carbocycles. The van der Waals surface area contributed by atoms with E-state index in [2.05, 4.69) is 4.98 Å². The minimum absolute atomic E-state index is 0.0976. The predicted molar refractivity (Wildman–Crippen MR) is 98.0 cm³/mol. The molecule has 2 aromatic heterocycles. The van der Waals surface area contributed by atoms with Gasteiger partial charge in [0.1, 0.15) is 11.4 Å². The van der Waals surface area contributed by atoms with Gasteiger partial charge in [-0.2, -0.15) is 0 Å². The van der Waals surface area contributed by atoms with E-state index in [0.29, 0.717) is 38.2 Å². The van der Waals surface area contributed by atoms with E-state index in [4.69, 9.17) is 4.42 Å². The van der Waals surface area contributed by atoms with Crippen LogP contribution in [0, 0.1) is 13.8 Å². The fourth-order valence-electron chi connectivity index (χ4n) is 3.69. The van der Waals surface area contributed by atoms with Crippen LogP contribution in [-0.4, -0.2) is 44.2 Å². The molecule has 0 spiro atoms. The van der Waals surface area contributed by atoms with Gasteiger partial charge in [-0.3, -0.25) is 4.79 Å². The van der Waals surface area contributed by atoms with Crippen molar-refractivity contribution in [2.75, 3.05) is 13.1 Å². The number of amides is 1. The number of hydrogen-bond acceptors (Lipinski definition) is 4. The Kier molecular flexibility index (Phi) is 4.07. The van der Waals surface area contributed by atoms with E-state index in [0.717, 1.165) is 22.4 Å². The number of hydrogen-bond donors (Lipinski definition) is 1. The normalized spacial score (nSPS) is 17.0. The third-order valence-electron chi connectivity index (χ3n) is 5.41. The standard InChI is InChI=1S/C20H23N3O3/c1-14-16-5-3-4-6-17(16)26-18(14)19(24)22-10-7-20(25,8-11-22)13-23-12-9-21-15(23)2/h3-6,9,12,25H,7-8,10-11,13H2,1-2H3. The van der Waals surface area contributed by atoms with Gasteiger partial charge in [0.05, 0.1) is 12.1 Å². The predicted octanol–water partition coefficient (Wildman–Crippen LogP) is 2.91. The van der Waals surface area contributed by atoms with Crippen molar-refractivity contribution in [3.05, 3.63) is 53.8 Å². The number of para-hydroxylation sites is 1. The molecule has 0 unspecified atom stereocenters. The van der Waals surface area contributed by atoms with Gasteiger partial charge in [0, 0.05) is 36.4 Å². The largest absolute Gasteiger partial charge is 0.451 e. The Morgan fingerprint density at radius 3 is 2.65 bits per heavy atom. The molecule has 1 aliphatic heterocycles. The molecule has 1 N–H and O–H groups in total. The Balaban J connectivity index is 1.48. The molecule has 3 heterocycles. The first kappa shape index (κ1) is 16.8. The summed E-state index contributed by atoms with van der Waals surface area (Å²) in [6.07, 6.45) is 4.69. The van der Waals surface area contributed by atoms with Crippen LogP contribution in [0.2, 0.25) is 0 Å². The minimum atomic E-state index is -0.814. The molecule has 4 rings (SSSR count). The van der Waals surface area contributed by atoms with Crippen molar-refractivity contribution >= 4 is 16.9 Å². The maximum atomic E-state index is 12.9. The van der Waals surface area contributed by atoms with Gasteiger partial charge in [0.2, 0.25) is 0 Å². The van der Waals surface area contributed by atoms with Crippen molar-refractivity contribution < 1.29 is 14.3 Å². The second-order valence-electron chi connectivity index (χ2n) is 7.17. The van der Waals surface area contributed by atoms with Crippen LogP contribution < -0.4 is 0 Å². The highest BCUT2D eigenvalue weighted by molar-refractivity contribution is 5.98. The van der Waals surface area contributed by atoms with Crippen molar-refractivity contribution in [2.24, 2.45) is 0 Å². The average molecular weight is 353 g/mol. The molecular formula is C20H23N3O3. The number of carbonyl (C=O) groups excluding carboxylic acids is 1. The number of rotatable bonds is 3. The van der Waals surface area contributed by atoms with E-state index in [1.807, 2.05) is 48.9 Å². The zero-order chi connectivity index (χ0) is 18.3. The van der Waals surface area contributed by atoms with Crippen LogP contribution in [0.1, 0.15) is 34.8 Å². The molecule has 0 saturated carbocycles. The van der Waals surface area contributed by atoms with Crippen LogP contribution in [0.5, 0.6) is 0 Å². The Morgan fingerprint density at radius 2 is 2.00 bits per heavy atom. The number of carbonyl (C=O) groups is 1. The number of fused-ring (bicyclic) bond motifs is 1. The average Bonchev–Trinajstić information content (AvgIpc) is 3.19. The summed E-state index contributed by atoms with van der Waals surface area (Å²) in [5.41, 5.74) is 0.795. The number of aliphatic hydroxyl groups is 1. The van der Waals surface area contributed by atoms with Gasteiger partial charge < -0.3 is 19.0 Å². The first-order chi connectivity index (χ1) is 12.5. The zero-order valence-corrected chi connectivity index (χ0v) is 15.1. The molecule has 0 radical (unpaired) electrons. The lowest BCUT2D eigenvalue weighted by Crippen LogP contribution is -2.48. The molecule has 1 saturated heterocycles. The number of nitrogens with zero attached hydrogens (tertiary/aromatic N) is 3. The van der Waals surface area contributed by atoms with Crippen molar-refractivity contribution in [2.45, 2.75) is 38.8 Å². The SMILES string of the molecule is Cc1c(C(=O)N2CCC(O)(Cn3ccnc3C)CC2)oc2ccccc12. The second-order valence-corrected chi connectivity index (χ2v) is 7.17. The third-order valence-corrected chi connectivity index (χ3v) is 5.41. The number of furan rings is 1. The molecule has 0 aliphatic carbocycles. The number of imidazole rings is 1. The monoisotopic (exact) mass is 353 g/mol. The van der Waals surface area contributed by atoms with Gasteiger partial charge in [0.25, 0.3) is 5.91 Å². The van der Waals surface area contributed by atoms with Crippen LogP contribution in [0.4, 0.5) is 0 Å². The molecule has 3 aromatic rings. The molecule has 1 aliphatic rings. The Bertz CT molecular complexity index is 948. The molecule has 0 bridgehead atoms. The maximum absolute atomic E-state index is 12.9. The fourth-order valence-corrected chi connectivity index (χ4v) is 3.69. The highest BCUT2D eigenvalue weighted by atomic mass is 16.3. The van der Waals surface area contributed by atoms with Crippen LogP contribution in [-0.2, 0) is 6.54 Å². The highest BCUT2D eigenvalue weighted by Crippen LogP contribution is 2.29. The molecule has 6 nitrogen and oxygen atoms in total. The summed E-state index contributed by atoms with van der Waals surface area (Å²) in [6.45, 7) is 5.37. The quantitative estimate of drug-likeness (QED) is 0.786. The number of aromatic nitrogens is 2. The van der Waals surface area contributed by atoms with Gasteiger partial charge in [-0.15, -0.1) is 0 Å². The lowest BCUT2D eigenvalue weighted by atomic mass is 9.91. The first-order valence-corrected chi connectivity index (χ1v) is 8.94. The maximum Gasteiger partial charge on any atom is 0.289 e. The van der Waals surface area contributed by atoms with E-state index >= 15 is 0 Å². The zero-order valence-electron chi connectivity index (χ0n) is 15.1. The van der Waals surface area contributed by atoms with E-state index in [-0.39, 0.29) is 5.91 Å². The summed E-state index contributed by atoms with van der Waals surface area (Å²) < 4.78 is 7.76. The van der Waals surface area contributed by atoms with Gasteiger partial charge >= 0.3 is 0 Å². The molecular weight excluding hydrogens is 330 g/mol. The molecule has 136 valence electrons. The van der Waals surface area contributed by atoms with Crippen molar-refractivity contribution in [1.29, 1.82) is 0 Å². The first-order valence-electron chi connectivity index (χ1n) is 8.94. The number of piperidine rings is 1. The second kappa shape index (κ2) is 6.29. The summed E-state index contributed by atoms with van der Waals surface area (Å²) in [7, 11) is 0. The summed E-state index contributed by atoms with van der Waals surface area (Å²) in [5, 5.41) is 11.9. The smallest absolute Gasteiger partial charge is 0.289 e. The summed E-state index contributed by atoms with van der Waals surface area (Å²) in [4.78, 5) is 18.9. The van der Waals surface area contributed by atoms with Crippen molar-refractivity contribution in [3.63, 3.8) is 0 Å². The van der Waals surface area contributed by atoms with E-state index in [1.165, 1.54) is 0 Å². The minimum Gasteiger partial charge on any atom is -0.451 e. The van der Waals surface area contributed by atoms with Crippen molar-refractivity contribution in [3.8, 4) is 0 Å². The molecule has 1 amide bonds. The lowest BCUT2D eigenvalue weighted by Gasteiger charge is -2.38. The van der Waals surface area contributed by atoms with Gasteiger partial charge in [-0.25, -0.2) is 4.98 Å². The van der Waals surface area contributed by atoms with E-state index < -0.39 is 5.60 Å². The molecule has 26 heavy (non-hydrogen) atoms. The van der Waals surface area contributed by atoms with Crippen molar-refractivity contribution in [1.82, 2.24) is 14.5 Å². The van der Waals surface area contributed by atoms with E-state index in [9.17, 15) is 9.90 Å². The van der Waals surface area contributed by atoms with Crippen LogP contribution in [0.25, 0.3) is 11.0 Å². The van der Waals surface area contributed by atoms with Gasteiger partial charge in [-0.05, 0) is 32.8 Å². The van der Waals surface area contributed by atoms with Crippen LogP contribution in [0.3, 0.4) is 0 Å². The lowest BCUT2D eigenvalue weighted by molar-refractivity contribution is -0.0301. The summed E-state index contributed by atoms with van der Waals surface area (Å²) >= 11 is 0. The Hall–Kier alpha value is -2.60. The Labute approximate surface area is 152 Å². The van der Waals surface area contributed by atoms with Crippen LogP contribution in [0.15, 0.2) is 41.1 Å². The molecule has 1 fully saturated rings.